The molecule has 1 aromatic carbocycles. The standard InChI is InChI=1S/C11H13Br/c12-11(10-6-7-10)8-9-4-2-1-3-5-9/h1-5,10-11H,6-8H2. The highest BCUT2D eigenvalue weighted by molar-refractivity contribution is 9.09. The molecule has 1 heteroatoms. The molecule has 0 aliphatic heterocycles. The van der Waals surface area contributed by atoms with E-state index in [1.54, 1.807) is 0 Å². The second kappa shape index (κ2) is 3.61. The Balaban J connectivity index is 1.94. The van der Waals surface area contributed by atoms with E-state index in [0.29, 0.717) is 4.83 Å². The smallest absolute Gasteiger partial charge is 0.0214 e. The maximum absolute atomic E-state index is 3.74. The van der Waals surface area contributed by atoms with Crippen LogP contribution < -0.4 is 0 Å². The fourth-order valence-electron chi connectivity index (χ4n) is 1.46. The molecule has 0 bridgehead atoms. The number of halogens is 1. The van der Waals surface area contributed by atoms with Crippen molar-refractivity contribution in [1.29, 1.82) is 0 Å². The van der Waals surface area contributed by atoms with Crippen molar-refractivity contribution in [3.05, 3.63) is 35.9 Å². The summed E-state index contributed by atoms with van der Waals surface area (Å²) in [4.78, 5) is 0.708. The zero-order chi connectivity index (χ0) is 8.39. The molecule has 64 valence electrons. The van der Waals surface area contributed by atoms with Gasteiger partial charge in [-0.3, -0.25) is 0 Å². The summed E-state index contributed by atoms with van der Waals surface area (Å²) in [5.41, 5.74) is 1.45. The Morgan fingerprint density at radius 1 is 1.25 bits per heavy atom. The number of hydrogen-bond acceptors (Lipinski definition) is 0. The molecule has 0 amide bonds. The van der Waals surface area contributed by atoms with Gasteiger partial charge in [-0.05, 0) is 30.7 Å². The van der Waals surface area contributed by atoms with Crippen LogP contribution in [0.2, 0.25) is 0 Å². The molecule has 0 nitrogen and oxygen atoms in total. The Bertz CT molecular complexity index is 238. The van der Waals surface area contributed by atoms with Gasteiger partial charge in [-0.25, -0.2) is 0 Å². The highest BCUT2D eigenvalue weighted by atomic mass is 79.9. The summed E-state index contributed by atoms with van der Waals surface area (Å²) in [5, 5.41) is 0. The molecular weight excluding hydrogens is 212 g/mol. The average Bonchev–Trinajstić information content (AvgIpc) is 2.88. The highest BCUT2D eigenvalue weighted by Crippen LogP contribution is 2.38. The first-order valence-corrected chi connectivity index (χ1v) is 5.46. The molecule has 1 unspecified atom stereocenters. The summed E-state index contributed by atoms with van der Waals surface area (Å²) < 4.78 is 0. The molecule has 0 radical (unpaired) electrons. The Morgan fingerprint density at radius 3 is 2.50 bits per heavy atom. The summed E-state index contributed by atoms with van der Waals surface area (Å²) in [7, 11) is 0. The number of benzene rings is 1. The summed E-state index contributed by atoms with van der Waals surface area (Å²) in [5.74, 6) is 0.949. The zero-order valence-corrected chi connectivity index (χ0v) is 8.63. The maximum Gasteiger partial charge on any atom is 0.0214 e. The first kappa shape index (κ1) is 8.31. The van der Waals surface area contributed by atoms with Crippen LogP contribution >= 0.6 is 15.9 Å². The highest BCUT2D eigenvalue weighted by Gasteiger charge is 2.28. The van der Waals surface area contributed by atoms with Crippen LogP contribution in [0.5, 0.6) is 0 Å². The van der Waals surface area contributed by atoms with E-state index in [2.05, 4.69) is 46.3 Å². The van der Waals surface area contributed by atoms with E-state index >= 15 is 0 Å². The van der Waals surface area contributed by atoms with Gasteiger partial charge in [0.2, 0.25) is 0 Å². The molecule has 0 aromatic heterocycles. The first-order chi connectivity index (χ1) is 5.86. The average molecular weight is 225 g/mol. The Kier molecular flexibility index (Phi) is 2.50. The minimum atomic E-state index is 0.708. The molecule has 0 saturated heterocycles. The molecular formula is C11H13Br. The normalized spacial score (nSPS) is 19.1. The molecule has 1 fully saturated rings. The van der Waals surface area contributed by atoms with Gasteiger partial charge in [-0.2, -0.15) is 0 Å². The van der Waals surface area contributed by atoms with Crippen LogP contribution in [0, 0.1) is 5.92 Å². The molecule has 0 N–H and O–H groups in total. The Labute approximate surface area is 82.1 Å². The first-order valence-electron chi connectivity index (χ1n) is 4.54. The summed E-state index contributed by atoms with van der Waals surface area (Å²) in [6.45, 7) is 0. The van der Waals surface area contributed by atoms with Crippen LogP contribution in [-0.2, 0) is 6.42 Å². The van der Waals surface area contributed by atoms with Crippen molar-refractivity contribution in [1.82, 2.24) is 0 Å². The molecule has 1 atom stereocenters. The van der Waals surface area contributed by atoms with Gasteiger partial charge in [-0.15, -0.1) is 0 Å². The summed E-state index contributed by atoms with van der Waals surface area (Å²) >= 11 is 3.74. The second-order valence-corrected chi connectivity index (χ2v) is 4.72. The quantitative estimate of drug-likeness (QED) is 0.691. The molecule has 12 heavy (non-hydrogen) atoms. The van der Waals surface area contributed by atoms with E-state index in [-0.39, 0.29) is 0 Å². The maximum atomic E-state index is 3.74. The fourth-order valence-corrected chi connectivity index (χ4v) is 2.37. The lowest BCUT2D eigenvalue weighted by molar-refractivity contribution is 0.761. The van der Waals surface area contributed by atoms with Gasteiger partial charge >= 0.3 is 0 Å². The number of alkyl halides is 1. The SMILES string of the molecule is BrC(Cc1ccccc1)C1CC1. The van der Waals surface area contributed by atoms with Crippen molar-refractivity contribution in [2.45, 2.75) is 24.1 Å². The predicted octanol–water partition coefficient (Wildman–Crippen LogP) is 3.40. The minimum Gasteiger partial charge on any atom is -0.0884 e. The number of hydrogen-bond donors (Lipinski definition) is 0. The van der Waals surface area contributed by atoms with Gasteiger partial charge in [0.1, 0.15) is 0 Å². The third-order valence-corrected chi connectivity index (χ3v) is 3.48. The van der Waals surface area contributed by atoms with Crippen LogP contribution in [0.1, 0.15) is 18.4 Å². The van der Waals surface area contributed by atoms with E-state index in [1.165, 1.54) is 24.8 Å². The molecule has 1 aliphatic carbocycles. The zero-order valence-electron chi connectivity index (χ0n) is 7.04. The second-order valence-electron chi connectivity index (χ2n) is 3.54. The molecule has 1 aliphatic rings. The van der Waals surface area contributed by atoms with Crippen LogP contribution in [0.25, 0.3) is 0 Å². The third kappa shape index (κ3) is 2.10. The van der Waals surface area contributed by atoms with Crippen LogP contribution in [0.3, 0.4) is 0 Å². The molecule has 1 saturated carbocycles. The molecule has 0 spiro atoms. The van der Waals surface area contributed by atoms with Gasteiger partial charge < -0.3 is 0 Å². The molecule has 1 aromatic rings. The lowest BCUT2D eigenvalue weighted by Gasteiger charge is -2.06. The van der Waals surface area contributed by atoms with Crippen molar-refractivity contribution in [2.24, 2.45) is 5.92 Å². The van der Waals surface area contributed by atoms with Crippen LogP contribution in [0.15, 0.2) is 30.3 Å². The van der Waals surface area contributed by atoms with Gasteiger partial charge in [0.15, 0.2) is 0 Å². The monoisotopic (exact) mass is 224 g/mol. The lowest BCUT2D eigenvalue weighted by Crippen LogP contribution is -2.04. The molecule has 0 heterocycles. The van der Waals surface area contributed by atoms with Gasteiger partial charge in [0.05, 0.1) is 0 Å². The Morgan fingerprint density at radius 2 is 1.92 bits per heavy atom. The molecule has 2 rings (SSSR count). The van der Waals surface area contributed by atoms with Gasteiger partial charge in [0.25, 0.3) is 0 Å². The number of rotatable bonds is 3. The largest absolute Gasteiger partial charge is 0.0884 e. The van der Waals surface area contributed by atoms with Crippen molar-refractivity contribution in [2.75, 3.05) is 0 Å². The van der Waals surface area contributed by atoms with Crippen LogP contribution in [-0.4, -0.2) is 4.83 Å². The van der Waals surface area contributed by atoms with Gasteiger partial charge in [-0.1, -0.05) is 46.3 Å². The fraction of sp³-hybridized carbons (Fsp3) is 0.455. The van der Waals surface area contributed by atoms with E-state index in [0.717, 1.165) is 5.92 Å². The minimum absolute atomic E-state index is 0.708. The van der Waals surface area contributed by atoms with Crippen molar-refractivity contribution in [3.63, 3.8) is 0 Å². The van der Waals surface area contributed by atoms with E-state index in [9.17, 15) is 0 Å². The van der Waals surface area contributed by atoms with Gasteiger partial charge in [0, 0.05) is 4.83 Å². The summed E-state index contributed by atoms with van der Waals surface area (Å²) in [6.07, 6.45) is 4.02. The van der Waals surface area contributed by atoms with E-state index in [1.807, 2.05) is 0 Å². The summed E-state index contributed by atoms with van der Waals surface area (Å²) in [6, 6.07) is 10.7. The lowest BCUT2D eigenvalue weighted by atomic mass is 10.1. The van der Waals surface area contributed by atoms with E-state index in [4.69, 9.17) is 0 Å². The third-order valence-electron chi connectivity index (χ3n) is 2.41. The van der Waals surface area contributed by atoms with Crippen LogP contribution in [0.4, 0.5) is 0 Å². The van der Waals surface area contributed by atoms with Crippen molar-refractivity contribution >= 4 is 15.9 Å². The Hall–Kier alpha value is -0.300. The van der Waals surface area contributed by atoms with E-state index < -0.39 is 0 Å². The van der Waals surface area contributed by atoms with Crippen molar-refractivity contribution in [3.8, 4) is 0 Å². The van der Waals surface area contributed by atoms with Crippen molar-refractivity contribution < 1.29 is 0 Å². The predicted molar refractivity (Wildman–Crippen MR) is 55.6 cm³/mol. The topological polar surface area (TPSA) is 0 Å².